The number of fused-ring (bicyclic) bond motifs is 1. The second-order valence-corrected chi connectivity index (χ2v) is 9.65. The molecule has 13 nitrogen and oxygen atoms in total. The van der Waals surface area contributed by atoms with Crippen molar-refractivity contribution in [3.05, 3.63) is 29.3 Å². The summed E-state index contributed by atoms with van der Waals surface area (Å²) in [6.07, 6.45) is 0.193. The van der Waals surface area contributed by atoms with Gasteiger partial charge in [-0.2, -0.15) is 0 Å². The summed E-state index contributed by atoms with van der Waals surface area (Å²) in [5.41, 5.74) is -0.329. The molecule has 0 bridgehead atoms. The second-order valence-electron chi connectivity index (χ2n) is 9.65. The van der Waals surface area contributed by atoms with Crippen LogP contribution in [0.3, 0.4) is 0 Å². The normalized spacial score (nSPS) is 13.6. The molecule has 40 heavy (non-hydrogen) atoms. The molecule has 0 saturated carbocycles. The number of benzene rings is 1. The highest BCUT2D eigenvalue weighted by Crippen LogP contribution is 2.33. The lowest BCUT2D eigenvalue weighted by Crippen LogP contribution is -2.48. The Hall–Kier alpha value is -3.55. The Labute approximate surface area is 233 Å². The number of carbonyl (C=O) groups is 5. The molecule has 1 aliphatic rings. The molecule has 0 aromatic heterocycles. The number of imide groups is 1. The lowest BCUT2D eigenvalue weighted by atomic mass is 10.1. The molecule has 222 valence electrons. The largest absolute Gasteiger partial charge is 0.490 e. The third-order valence-corrected chi connectivity index (χ3v) is 5.47. The molecule has 0 spiro atoms. The van der Waals surface area contributed by atoms with Crippen LogP contribution in [0.25, 0.3) is 0 Å². The molecule has 1 aliphatic heterocycles. The summed E-state index contributed by atoms with van der Waals surface area (Å²) in [5, 5.41) is 5.03. The fourth-order valence-corrected chi connectivity index (χ4v) is 3.74. The van der Waals surface area contributed by atoms with Crippen molar-refractivity contribution in [2.45, 2.75) is 45.3 Å². The first kappa shape index (κ1) is 32.7. The predicted molar refractivity (Wildman–Crippen MR) is 142 cm³/mol. The standard InChI is InChI=1S/C27H39N3O10/c1-27(2,3)40-26(35)29-10-12-36-13-14-37-15-16-38-17-18-39-21-9-5-7-19-22(21)25(34)30(24(19)33)20(8-6-11-31)23(32)28-4/h5,7,9,11,20H,6,8,10,12-18H2,1-4H3,(H,28,32)(H,29,35). The van der Waals surface area contributed by atoms with Crippen molar-refractivity contribution in [2.24, 2.45) is 0 Å². The molecule has 4 amide bonds. The highest BCUT2D eigenvalue weighted by Gasteiger charge is 2.44. The van der Waals surface area contributed by atoms with Crippen molar-refractivity contribution in [2.75, 3.05) is 59.8 Å². The highest BCUT2D eigenvalue weighted by atomic mass is 16.6. The molecule has 1 atom stereocenters. The van der Waals surface area contributed by atoms with Gasteiger partial charge in [-0.05, 0) is 39.3 Å². The summed E-state index contributed by atoms with van der Waals surface area (Å²) in [4.78, 5) is 61.6. The number of amides is 4. The third-order valence-electron chi connectivity index (χ3n) is 5.47. The van der Waals surface area contributed by atoms with Gasteiger partial charge in [0.2, 0.25) is 5.91 Å². The van der Waals surface area contributed by atoms with Crippen molar-refractivity contribution >= 4 is 30.1 Å². The van der Waals surface area contributed by atoms with Crippen LogP contribution in [0.2, 0.25) is 0 Å². The van der Waals surface area contributed by atoms with Crippen LogP contribution in [0.4, 0.5) is 4.79 Å². The van der Waals surface area contributed by atoms with E-state index in [1.54, 1.807) is 32.9 Å². The number of hydrogen-bond acceptors (Lipinski definition) is 10. The van der Waals surface area contributed by atoms with Gasteiger partial charge in [-0.15, -0.1) is 0 Å². The first-order valence-electron chi connectivity index (χ1n) is 13.1. The number of hydrogen-bond donors (Lipinski definition) is 2. The van der Waals surface area contributed by atoms with Gasteiger partial charge < -0.3 is 39.1 Å². The molecular formula is C27H39N3O10. The van der Waals surface area contributed by atoms with Crippen LogP contribution < -0.4 is 15.4 Å². The Balaban J connectivity index is 1.66. The van der Waals surface area contributed by atoms with Crippen molar-refractivity contribution in [1.82, 2.24) is 15.5 Å². The zero-order chi connectivity index (χ0) is 29.5. The summed E-state index contributed by atoms with van der Waals surface area (Å²) < 4.78 is 27.1. The molecule has 0 aliphatic carbocycles. The number of aldehydes is 1. The third kappa shape index (κ3) is 10.2. The molecule has 1 heterocycles. The maximum Gasteiger partial charge on any atom is 0.407 e. The maximum atomic E-state index is 13.1. The van der Waals surface area contributed by atoms with Crippen LogP contribution in [-0.2, 0) is 28.5 Å². The number of nitrogens with one attached hydrogen (secondary N) is 2. The summed E-state index contributed by atoms with van der Waals surface area (Å²) in [6, 6.07) is 3.56. The quantitative estimate of drug-likeness (QED) is 0.151. The van der Waals surface area contributed by atoms with E-state index in [4.69, 9.17) is 23.7 Å². The average molecular weight is 566 g/mol. The first-order valence-corrected chi connectivity index (χ1v) is 13.1. The van der Waals surface area contributed by atoms with Crippen LogP contribution >= 0.6 is 0 Å². The fourth-order valence-electron chi connectivity index (χ4n) is 3.74. The molecule has 0 saturated heterocycles. The van der Waals surface area contributed by atoms with Crippen molar-refractivity contribution < 1.29 is 47.7 Å². The van der Waals surface area contributed by atoms with Gasteiger partial charge in [0.15, 0.2) is 0 Å². The summed E-state index contributed by atoms with van der Waals surface area (Å²) in [5.74, 6) is -1.58. The van der Waals surface area contributed by atoms with E-state index in [0.717, 1.165) is 4.90 Å². The smallest absolute Gasteiger partial charge is 0.407 e. The first-order chi connectivity index (χ1) is 19.1. The van der Waals surface area contributed by atoms with E-state index in [1.807, 2.05) is 0 Å². The van der Waals surface area contributed by atoms with Gasteiger partial charge in [0.25, 0.3) is 11.8 Å². The van der Waals surface area contributed by atoms with E-state index in [1.165, 1.54) is 13.1 Å². The Morgan fingerprint density at radius 3 is 2.17 bits per heavy atom. The maximum absolute atomic E-state index is 13.1. The number of nitrogens with zero attached hydrogens (tertiary/aromatic N) is 1. The van der Waals surface area contributed by atoms with Crippen molar-refractivity contribution in [3.63, 3.8) is 0 Å². The van der Waals surface area contributed by atoms with E-state index >= 15 is 0 Å². The number of carbonyl (C=O) groups excluding carboxylic acids is 5. The molecule has 13 heteroatoms. The molecule has 1 aromatic rings. The Morgan fingerprint density at radius 2 is 1.57 bits per heavy atom. The second kappa shape index (κ2) is 16.5. The lowest BCUT2D eigenvalue weighted by molar-refractivity contribution is -0.124. The molecule has 2 N–H and O–H groups in total. The van der Waals surface area contributed by atoms with E-state index in [2.05, 4.69) is 10.6 Å². The minimum Gasteiger partial charge on any atom is -0.490 e. The van der Waals surface area contributed by atoms with E-state index < -0.39 is 35.5 Å². The van der Waals surface area contributed by atoms with E-state index in [0.29, 0.717) is 45.9 Å². The van der Waals surface area contributed by atoms with Gasteiger partial charge in [-0.3, -0.25) is 19.3 Å². The van der Waals surface area contributed by atoms with Crippen LogP contribution in [0, 0.1) is 0 Å². The molecule has 0 radical (unpaired) electrons. The van der Waals surface area contributed by atoms with Gasteiger partial charge >= 0.3 is 6.09 Å². The van der Waals surface area contributed by atoms with Crippen molar-refractivity contribution in [3.8, 4) is 5.75 Å². The zero-order valence-corrected chi connectivity index (χ0v) is 23.5. The Bertz CT molecular complexity index is 1020. The number of alkyl carbamates (subject to hydrolysis) is 1. The topological polar surface area (TPSA) is 159 Å². The molecule has 0 fully saturated rings. The van der Waals surface area contributed by atoms with Crippen LogP contribution in [-0.4, -0.2) is 106 Å². The van der Waals surface area contributed by atoms with Crippen LogP contribution in [0.5, 0.6) is 5.75 Å². The van der Waals surface area contributed by atoms with Crippen LogP contribution in [0.15, 0.2) is 18.2 Å². The van der Waals surface area contributed by atoms with E-state index in [-0.39, 0.29) is 42.9 Å². The zero-order valence-electron chi connectivity index (χ0n) is 23.5. The fraction of sp³-hybridized carbons (Fsp3) is 0.593. The minimum absolute atomic E-state index is 0.0241. The molecule has 1 unspecified atom stereocenters. The molecule has 1 aromatic carbocycles. The Kier molecular flexibility index (Phi) is 13.5. The SMILES string of the molecule is CNC(=O)C(CCC=O)N1C(=O)c2cccc(OCCOCCOCCOCCNC(=O)OC(C)(C)C)c2C1=O. The summed E-state index contributed by atoms with van der Waals surface area (Å²) >= 11 is 0. The number of rotatable bonds is 18. The summed E-state index contributed by atoms with van der Waals surface area (Å²) in [6.45, 7) is 7.73. The summed E-state index contributed by atoms with van der Waals surface area (Å²) in [7, 11) is 1.40. The minimum atomic E-state index is -1.10. The molecular weight excluding hydrogens is 526 g/mol. The predicted octanol–water partition coefficient (Wildman–Crippen LogP) is 1.33. The number of likely N-dealkylation sites (N-methyl/N-ethyl adjacent to an activating group) is 1. The average Bonchev–Trinajstić information content (AvgIpc) is 3.16. The lowest BCUT2D eigenvalue weighted by Gasteiger charge is -2.24. The van der Waals surface area contributed by atoms with Gasteiger partial charge in [-0.25, -0.2) is 4.79 Å². The van der Waals surface area contributed by atoms with Gasteiger partial charge in [0, 0.05) is 20.0 Å². The van der Waals surface area contributed by atoms with Crippen molar-refractivity contribution in [1.29, 1.82) is 0 Å². The monoisotopic (exact) mass is 565 g/mol. The van der Waals surface area contributed by atoms with Gasteiger partial charge in [0.05, 0.1) is 50.8 Å². The highest BCUT2D eigenvalue weighted by molar-refractivity contribution is 6.24. The molecule has 2 rings (SSSR count). The van der Waals surface area contributed by atoms with Gasteiger partial charge in [0.1, 0.15) is 30.3 Å². The van der Waals surface area contributed by atoms with Crippen LogP contribution in [0.1, 0.15) is 54.3 Å². The van der Waals surface area contributed by atoms with Gasteiger partial charge in [-0.1, -0.05) is 6.07 Å². The Morgan fingerprint density at radius 1 is 0.950 bits per heavy atom. The number of ether oxygens (including phenoxy) is 5. The van der Waals surface area contributed by atoms with E-state index in [9.17, 15) is 24.0 Å².